The number of carbonyl (C=O) groups excluding carboxylic acids is 2. The van der Waals surface area contributed by atoms with E-state index in [0.29, 0.717) is 0 Å². The van der Waals surface area contributed by atoms with Gasteiger partial charge in [0.25, 0.3) is 5.91 Å². The molecule has 0 aliphatic carbocycles. The summed E-state index contributed by atoms with van der Waals surface area (Å²) in [5.74, 6) is -1.23. The number of benzene rings is 1. The summed E-state index contributed by atoms with van der Waals surface area (Å²) in [5.41, 5.74) is 0.394. The Kier molecular flexibility index (Phi) is 4.40. The Morgan fingerprint density at radius 1 is 1.14 bits per heavy atom. The van der Waals surface area contributed by atoms with Crippen LogP contribution in [0, 0.1) is 0 Å². The van der Waals surface area contributed by atoms with Crippen LogP contribution in [0.2, 0.25) is 0 Å². The van der Waals surface area contributed by atoms with Gasteiger partial charge < -0.3 is 4.74 Å². The zero-order chi connectivity index (χ0) is 16.3. The lowest BCUT2D eigenvalue weighted by Gasteiger charge is -2.03. The van der Waals surface area contributed by atoms with Gasteiger partial charge in [-0.05, 0) is 24.3 Å². The maximum absolute atomic E-state index is 12.4. The summed E-state index contributed by atoms with van der Waals surface area (Å²) in [6.45, 7) is 0. The average molecular weight is 331 g/mol. The Morgan fingerprint density at radius 2 is 1.73 bits per heavy atom. The Morgan fingerprint density at radius 3 is 2.23 bits per heavy atom. The van der Waals surface area contributed by atoms with Gasteiger partial charge in [0.15, 0.2) is 0 Å². The van der Waals surface area contributed by atoms with Gasteiger partial charge in [-0.15, -0.1) is 10.2 Å². The van der Waals surface area contributed by atoms with Crippen molar-refractivity contribution in [3.63, 3.8) is 0 Å². The average Bonchev–Trinajstić information content (AvgIpc) is 2.95. The lowest BCUT2D eigenvalue weighted by Crippen LogP contribution is -2.12. The predicted molar refractivity (Wildman–Crippen MR) is 70.6 cm³/mol. The van der Waals surface area contributed by atoms with Gasteiger partial charge in [-0.1, -0.05) is 11.3 Å². The number of anilines is 1. The Labute approximate surface area is 125 Å². The molecular weight excluding hydrogens is 323 g/mol. The van der Waals surface area contributed by atoms with E-state index >= 15 is 0 Å². The third kappa shape index (κ3) is 3.58. The molecule has 0 aliphatic rings. The fourth-order valence-corrected chi connectivity index (χ4v) is 2.04. The van der Waals surface area contributed by atoms with Gasteiger partial charge in [0.05, 0.1) is 12.7 Å². The molecule has 0 bridgehead atoms. The highest BCUT2D eigenvalue weighted by Crippen LogP contribution is 2.33. The fraction of sp³-hybridized carbons (Fsp3) is 0.167. The number of amides is 1. The first-order valence-electron chi connectivity index (χ1n) is 5.71. The van der Waals surface area contributed by atoms with Crippen molar-refractivity contribution in [1.82, 2.24) is 10.2 Å². The molecule has 6 nitrogen and oxygen atoms in total. The molecule has 1 aromatic heterocycles. The first-order valence-corrected chi connectivity index (χ1v) is 6.53. The Balaban J connectivity index is 2.09. The van der Waals surface area contributed by atoms with Crippen molar-refractivity contribution in [3.8, 4) is 0 Å². The lowest BCUT2D eigenvalue weighted by atomic mass is 10.1. The molecule has 10 heteroatoms. The third-order valence-electron chi connectivity index (χ3n) is 2.46. The molecule has 1 N–H and O–H groups in total. The molecule has 116 valence electrons. The standard InChI is InChI=1S/C12H8F3N3O3S/c1-21-9(20)7-4-2-6(3-5-7)8(19)16-11-18-17-10(22-11)12(13,14)15/h2-5H,1H3,(H,16,18,19). The van der Waals surface area contributed by atoms with Crippen LogP contribution in [0.4, 0.5) is 18.3 Å². The molecule has 0 saturated carbocycles. The predicted octanol–water partition coefficient (Wildman–Crippen LogP) is 2.60. The van der Waals surface area contributed by atoms with Crippen molar-refractivity contribution in [2.45, 2.75) is 6.18 Å². The molecule has 1 heterocycles. The minimum Gasteiger partial charge on any atom is -0.465 e. The quantitative estimate of drug-likeness (QED) is 0.874. The molecule has 0 saturated heterocycles. The molecule has 0 aliphatic heterocycles. The van der Waals surface area contributed by atoms with Gasteiger partial charge in [0.1, 0.15) is 0 Å². The molecule has 0 radical (unpaired) electrons. The van der Waals surface area contributed by atoms with Gasteiger partial charge in [0.2, 0.25) is 10.1 Å². The number of aromatic nitrogens is 2. The molecular formula is C12H8F3N3O3S. The minimum atomic E-state index is -4.61. The zero-order valence-corrected chi connectivity index (χ0v) is 11.8. The summed E-state index contributed by atoms with van der Waals surface area (Å²) in [6.07, 6.45) is -4.61. The summed E-state index contributed by atoms with van der Waals surface area (Å²) in [6, 6.07) is 5.41. The molecule has 0 fully saturated rings. The van der Waals surface area contributed by atoms with Crippen molar-refractivity contribution in [2.24, 2.45) is 0 Å². The molecule has 1 aromatic carbocycles. The van der Waals surface area contributed by atoms with Gasteiger partial charge in [-0.25, -0.2) is 4.79 Å². The van der Waals surface area contributed by atoms with Crippen LogP contribution in [0.3, 0.4) is 0 Å². The number of methoxy groups -OCH3 is 1. The first kappa shape index (κ1) is 15.9. The van der Waals surface area contributed by atoms with Crippen LogP contribution in [0.1, 0.15) is 25.7 Å². The lowest BCUT2D eigenvalue weighted by molar-refractivity contribution is -0.138. The van der Waals surface area contributed by atoms with Crippen LogP contribution in [0.25, 0.3) is 0 Å². The van der Waals surface area contributed by atoms with Crippen LogP contribution in [0.15, 0.2) is 24.3 Å². The number of nitrogens with zero attached hydrogens (tertiary/aromatic N) is 2. The van der Waals surface area contributed by atoms with E-state index in [9.17, 15) is 22.8 Å². The molecule has 2 rings (SSSR count). The number of hydrogen-bond acceptors (Lipinski definition) is 6. The highest BCUT2D eigenvalue weighted by molar-refractivity contribution is 7.15. The first-order chi connectivity index (χ1) is 10.3. The SMILES string of the molecule is COC(=O)c1ccc(C(=O)Nc2nnc(C(F)(F)F)s2)cc1. The van der Waals surface area contributed by atoms with Crippen molar-refractivity contribution in [1.29, 1.82) is 0 Å². The molecule has 0 spiro atoms. The monoisotopic (exact) mass is 331 g/mol. The minimum absolute atomic E-state index is 0.149. The molecule has 0 atom stereocenters. The maximum atomic E-state index is 12.4. The van der Waals surface area contributed by atoms with Crippen LogP contribution in [0.5, 0.6) is 0 Å². The summed E-state index contributed by atoms with van der Waals surface area (Å²) in [4.78, 5) is 23.1. The molecule has 22 heavy (non-hydrogen) atoms. The number of ether oxygens (including phenoxy) is 1. The van der Waals surface area contributed by atoms with Crippen LogP contribution >= 0.6 is 11.3 Å². The fourth-order valence-electron chi connectivity index (χ4n) is 1.43. The number of rotatable bonds is 3. The normalized spacial score (nSPS) is 11.1. The highest BCUT2D eigenvalue weighted by Gasteiger charge is 2.35. The molecule has 2 aromatic rings. The second-order valence-electron chi connectivity index (χ2n) is 3.93. The second kappa shape index (κ2) is 6.10. The Bertz CT molecular complexity index is 698. The number of alkyl halides is 3. The number of hydrogen-bond donors (Lipinski definition) is 1. The van der Waals surface area contributed by atoms with Crippen molar-refractivity contribution in [3.05, 3.63) is 40.4 Å². The summed E-state index contributed by atoms with van der Waals surface area (Å²) in [7, 11) is 1.22. The Hall–Kier alpha value is -2.49. The number of esters is 1. The summed E-state index contributed by atoms with van der Waals surface area (Å²) in [5, 5.41) is 6.98. The van der Waals surface area contributed by atoms with Crippen LogP contribution in [-0.2, 0) is 10.9 Å². The van der Waals surface area contributed by atoms with E-state index in [4.69, 9.17) is 0 Å². The van der Waals surface area contributed by atoms with Crippen LogP contribution in [-0.4, -0.2) is 29.2 Å². The van der Waals surface area contributed by atoms with Gasteiger partial charge in [-0.2, -0.15) is 13.2 Å². The van der Waals surface area contributed by atoms with E-state index in [1.807, 2.05) is 0 Å². The van der Waals surface area contributed by atoms with Gasteiger partial charge in [0, 0.05) is 5.56 Å². The largest absolute Gasteiger partial charge is 0.465 e. The third-order valence-corrected chi connectivity index (χ3v) is 3.34. The van der Waals surface area contributed by atoms with E-state index in [0.717, 1.165) is 0 Å². The molecule has 1 amide bonds. The maximum Gasteiger partial charge on any atom is 0.445 e. The van der Waals surface area contributed by atoms with Crippen molar-refractivity contribution in [2.75, 3.05) is 12.4 Å². The van der Waals surface area contributed by atoms with E-state index < -0.39 is 23.1 Å². The number of halogens is 3. The van der Waals surface area contributed by atoms with Crippen LogP contribution < -0.4 is 5.32 Å². The van der Waals surface area contributed by atoms with Crippen molar-refractivity contribution < 1.29 is 27.5 Å². The van der Waals surface area contributed by atoms with E-state index in [1.54, 1.807) is 0 Å². The van der Waals surface area contributed by atoms with Crippen molar-refractivity contribution >= 4 is 28.3 Å². The second-order valence-corrected chi connectivity index (χ2v) is 4.91. The van der Waals surface area contributed by atoms with E-state index in [2.05, 4.69) is 20.3 Å². The van der Waals surface area contributed by atoms with E-state index in [1.165, 1.54) is 31.4 Å². The summed E-state index contributed by atoms with van der Waals surface area (Å²) < 4.78 is 41.6. The smallest absolute Gasteiger partial charge is 0.445 e. The zero-order valence-electron chi connectivity index (χ0n) is 11.0. The highest BCUT2D eigenvalue weighted by atomic mass is 32.1. The van der Waals surface area contributed by atoms with Gasteiger partial charge in [-0.3, -0.25) is 10.1 Å². The summed E-state index contributed by atoms with van der Waals surface area (Å²) >= 11 is 0.221. The van der Waals surface area contributed by atoms with E-state index in [-0.39, 0.29) is 27.6 Å². The number of nitrogens with one attached hydrogen (secondary N) is 1. The topological polar surface area (TPSA) is 81.2 Å². The number of carbonyl (C=O) groups is 2. The molecule has 0 unspecified atom stereocenters. The van der Waals surface area contributed by atoms with Gasteiger partial charge >= 0.3 is 12.1 Å².